The number of Topliss-reactive ketones (excluding diaryl/α,β-unsaturated/α-hetero) is 1. The second kappa shape index (κ2) is 15.7. The minimum absolute atomic E-state index is 0.211. The largest absolute Gasteiger partial charge is 0.374 e. The molecule has 0 atom stereocenters. The van der Waals surface area contributed by atoms with Crippen LogP contribution in [0.5, 0.6) is 0 Å². The van der Waals surface area contributed by atoms with Gasteiger partial charge in [-0.05, 0) is 6.42 Å². The molecule has 2 heteroatoms. The Morgan fingerprint density at radius 1 is 0.737 bits per heavy atom. The van der Waals surface area contributed by atoms with Gasteiger partial charge in [0.25, 0.3) is 0 Å². The summed E-state index contributed by atoms with van der Waals surface area (Å²) >= 11 is 0. The van der Waals surface area contributed by atoms with E-state index >= 15 is 0 Å². The van der Waals surface area contributed by atoms with E-state index in [1.807, 2.05) is 6.92 Å². The van der Waals surface area contributed by atoms with Crippen LogP contribution in [-0.2, 0) is 9.53 Å². The quantitative estimate of drug-likeness (QED) is 0.378. The standard InChI is InChI=1S/C17H34O2/c1-3-5-6-7-8-9-10-11-12-13-14-15-19-16-17(18)4-2/h3-16H2,1-2H3. The zero-order valence-electron chi connectivity index (χ0n) is 13.2. The van der Waals surface area contributed by atoms with Gasteiger partial charge in [0.05, 0.1) is 0 Å². The minimum atomic E-state index is 0.211. The molecule has 0 unspecified atom stereocenters. The molecule has 0 aromatic rings. The fourth-order valence-corrected chi connectivity index (χ4v) is 2.16. The van der Waals surface area contributed by atoms with E-state index in [-0.39, 0.29) is 5.78 Å². The van der Waals surface area contributed by atoms with Crippen molar-refractivity contribution in [1.82, 2.24) is 0 Å². The number of ketones is 1. The average Bonchev–Trinajstić information content (AvgIpc) is 2.43. The third-order valence-corrected chi connectivity index (χ3v) is 3.55. The third kappa shape index (κ3) is 15.6. The molecule has 0 rings (SSSR count). The van der Waals surface area contributed by atoms with Gasteiger partial charge in [-0.2, -0.15) is 0 Å². The SMILES string of the molecule is CCCCCCCCCCCCCOCC(=O)CC. The summed E-state index contributed by atoms with van der Waals surface area (Å²) in [6.07, 6.45) is 15.4. The molecule has 0 saturated heterocycles. The minimum Gasteiger partial charge on any atom is -0.374 e. The van der Waals surface area contributed by atoms with Crippen LogP contribution in [0.15, 0.2) is 0 Å². The molecule has 0 aromatic carbocycles. The van der Waals surface area contributed by atoms with Gasteiger partial charge in [-0.25, -0.2) is 0 Å². The summed E-state index contributed by atoms with van der Waals surface area (Å²) in [7, 11) is 0. The maximum absolute atomic E-state index is 11.0. The Morgan fingerprint density at radius 2 is 1.21 bits per heavy atom. The van der Waals surface area contributed by atoms with E-state index in [4.69, 9.17) is 4.74 Å². The molecule has 0 aliphatic heterocycles. The number of hydrogen-bond donors (Lipinski definition) is 0. The number of ether oxygens (including phenoxy) is 1. The maximum atomic E-state index is 11.0. The molecular formula is C17H34O2. The lowest BCUT2D eigenvalue weighted by Crippen LogP contribution is -2.07. The first-order chi connectivity index (χ1) is 9.31. The van der Waals surface area contributed by atoms with Gasteiger partial charge in [0.15, 0.2) is 5.78 Å². The van der Waals surface area contributed by atoms with Crippen LogP contribution in [0.3, 0.4) is 0 Å². The van der Waals surface area contributed by atoms with Crippen LogP contribution >= 0.6 is 0 Å². The Bertz CT molecular complexity index is 190. The number of hydrogen-bond acceptors (Lipinski definition) is 2. The van der Waals surface area contributed by atoms with Gasteiger partial charge < -0.3 is 4.74 Å². The third-order valence-electron chi connectivity index (χ3n) is 3.55. The Morgan fingerprint density at radius 3 is 1.68 bits per heavy atom. The van der Waals surface area contributed by atoms with Crippen molar-refractivity contribution in [3.8, 4) is 0 Å². The Hall–Kier alpha value is -0.370. The van der Waals surface area contributed by atoms with Crippen molar-refractivity contribution in [2.24, 2.45) is 0 Å². The maximum Gasteiger partial charge on any atom is 0.158 e. The molecule has 0 fully saturated rings. The van der Waals surface area contributed by atoms with E-state index in [0.717, 1.165) is 13.0 Å². The predicted molar refractivity (Wildman–Crippen MR) is 82.6 cm³/mol. The highest BCUT2D eigenvalue weighted by molar-refractivity contribution is 5.79. The molecule has 0 bridgehead atoms. The van der Waals surface area contributed by atoms with Crippen molar-refractivity contribution >= 4 is 5.78 Å². The zero-order valence-corrected chi connectivity index (χ0v) is 13.2. The van der Waals surface area contributed by atoms with E-state index in [2.05, 4.69) is 6.92 Å². The molecule has 0 heterocycles. The lowest BCUT2D eigenvalue weighted by molar-refractivity contribution is -0.123. The van der Waals surface area contributed by atoms with E-state index in [0.29, 0.717) is 13.0 Å². The Kier molecular flexibility index (Phi) is 15.4. The molecule has 0 radical (unpaired) electrons. The second-order valence-corrected chi connectivity index (χ2v) is 5.48. The summed E-state index contributed by atoms with van der Waals surface area (Å²) in [5.74, 6) is 0.211. The lowest BCUT2D eigenvalue weighted by Gasteiger charge is -2.03. The lowest BCUT2D eigenvalue weighted by atomic mass is 10.1. The number of rotatable bonds is 15. The fraction of sp³-hybridized carbons (Fsp3) is 0.941. The van der Waals surface area contributed by atoms with Crippen LogP contribution in [-0.4, -0.2) is 19.0 Å². The van der Waals surface area contributed by atoms with Crippen LogP contribution in [0.1, 0.15) is 90.9 Å². The molecular weight excluding hydrogens is 236 g/mol. The van der Waals surface area contributed by atoms with E-state index in [9.17, 15) is 4.79 Å². The molecule has 0 aliphatic rings. The highest BCUT2D eigenvalue weighted by Gasteiger charge is 1.97. The molecule has 0 spiro atoms. The van der Waals surface area contributed by atoms with Crippen LogP contribution in [0.25, 0.3) is 0 Å². The first kappa shape index (κ1) is 18.6. The summed E-state index contributed by atoms with van der Waals surface area (Å²) in [4.78, 5) is 11.0. The number of carbonyl (C=O) groups is 1. The number of carbonyl (C=O) groups excluding carboxylic acids is 1. The summed E-state index contributed by atoms with van der Waals surface area (Å²) in [5.41, 5.74) is 0. The molecule has 2 nitrogen and oxygen atoms in total. The average molecular weight is 270 g/mol. The molecule has 0 N–H and O–H groups in total. The topological polar surface area (TPSA) is 26.3 Å². The van der Waals surface area contributed by atoms with Crippen molar-refractivity contribution in [3.63, 3.8) is 0 Å². The van der Waals surface area contributed by atoms with Crippen molar-refractivity contribution < 1.29 is 9.53 Å². The van der Waals surface area contributed by atoms with Gasteiger partial charge in [-0.3, -0.25) is 4.79 Å². The fourth-order valence-electron chi connectivity index (χ4n) is 2.16. The summed E-state index contributed by atoms with van der Waals surface area (Å²) in [6, 6.07) is 0. The van der Waals surface area contributed by atoms with Gasteiger partial charge in [0, 0.05) is 13.0 Å². The van der Waals surface area contributed by atoms with Gasteiger partial charge in [-0.15, -0.1) is 0 Å². The molecule has 19 heavy (non-hydrogen) atoms. The molecule has 0 saturated carbocycles. The molecule has 0 amide bonds. The van der Waals surface area contributed by atoms with Gasteiger partial charge in [0.2, 0.25) is 0 Å². The van der Waals surface area contributed by atoms with E-state index in [1.54, 1.807) is 0 Å². The van der Waals surface area contributed by atoms with Crippen LogP contribution in [0, 0.1) is 0 Å². The van der Waals surface area contributed by atoms with Gasteiger partial charge in [0.1, 0.15) is 6.61 Å². The molecule has 0 aliphatic carbocycles. The van der Waals surface area contributed by atoms with Crippen LogP contribution in [0.4, 0.5) is 0 Å². The Balaban J connectivity index is 2.97. The summed E-state index contributed by atoms with van der Waals surface area (Å²) in [5, 5.41) is 0. The first-order valence-corrected chi connectivity index (χ1v) is 8.40. The van der Waals surface area contributed by atoms with Crippen molar-refractivity contribution in [1.29, 1.82) is 0 Å². The van der Waals surface area contributed by atoms with E-state index in [1.165, 1.54) is 64.2 Å². The summed E-state index contributed by atoms with van der Waals surface area (Å²) < 4.78 is 5.32. The number of unbranched alkanes of at least 4 members (excludes halogenated alkanes) is 10. The van der Waals surface area contributed by atoms with Gasteiger partial charge >= 0.3 is 0 Å². The van der Waals surface area contributed by atoms with Crippen molar-refractivity contribution in [2.75, 3.05) is 13.2 Å². The summed E-state index contributed by atoms with van der Waals surface area (Å²) in [6.45, 7) is 5.22. The van der Waals surface area contributed by atoms with Crippen molar-refractivity contribution in [2.45, 2.75) is 90.9 Å². The zero-order chi connectivity index (χ0) is 14.2. The van der Waals surface area contributed by atoms with Gasteiger partial charge in [-0.1, -0.05) is 78.1 Å². The van der Waals surface area contributed by atoms with Crippen molar-refractivity contribution in [3.05, 3.63) is 0 Å². The monoisotopic (exact) mass is 270 g/mol. The first-order valence-electron chi connectivity index (χ1n) is 8.40. The smallest absolute Gasteiger partial charge is 0.158 e. The Labute approximate surface area is 120 Å². The highest BCUT2D eigenvalue weighted by atomic mass is 16.5. The predicted octanol–water partition coefficient (Wildman–Crippen LogP) is 5.29. The van der Waals surface area contributed by atoms with Crippen LogP contribution < -0.4 is 0 Å². The molecule has 0 aromatic heterocycles. The normalized spacial score (nSPS) is 10.8. The van der Waals surface area contributed by atoms with Crippen LogP contribution in [0.2, 0.25) is 0 Å². The van der Waals surface area contributed by atoms with E-state index < -0.39 is 0 Å². The molecule has 114 valence electrons. The highest BCUT2D eigenvalue weighted by Crippen LogP contribution is 2.11. The second-order valence-electron chi connectivity index (χ2n) is 5.48.